The highest BCUT2D eigenvalue weighted by Crippen LogP contribution is 2.11. The number of amides is 1. The zero-order valence-electron chi connectivity index (χ0n) is 11.8. The van der Waals surface area contributed by atoms with Gasteiger partial charge in [0.05, 0.1) is 6.42 Å². The van der Waals surface area contributed by atoms with Crippen LogP contribution in [0.2, 0.25) is 0 Å². The van der Waals surface area contributed by atoms with Crippen molar-refractivity contribution < 1.29 is 4.79 Å². The summed E-state index contributed by atoms with van der Waals surface area (Å²) in [4.78, 5) is 14.0. The number of nitrogens with two attached hydrogens (primary N) is 1. The second kappa shape index (κ2) is 6.87. The van der Waals surface area contributed by atoms with Crippen LogP contribution in [0.4, 0.5) is 0 Å². The first-order valence-corrected chi connectivity index (χ1v) is 6.75. The summed E-state index contributed by atoms with van der Waals surface area (Å²) in [6.45, 7) is 1.09. The predicted octanol–water partition coefficient (Wildman–Crippen LogP) is 2.35. The van der Waals surface area contributed by atoms with Crippen LogP contribution in [0.25, 0.3) is 0 Å². The van der Waals surface area contributed by atoms with Crippen LogP contribution in [0.1, 0.15) is 16.7 Å². The van der Waals surface area contributed by atoms with E-state index in [1.807, 2.05) is 61.6 Å². The van der Waals surface area contributed by atoms with Gasteiger partial charge >= 0.3 is 0 Å². The van der Waals surface area contributed by atoms with Crippen LogP contribution in [-0.4, -0.2) is 17.9 Å². The summed E-state index contributed by atoms with van der Waals surface area (Å²) in [6.07, 6.45) is 0.400. The van der Waals surface area contributed by atoms with Crippen LogP contribution < -0.4 is 5.73 Å². The molecule has 0 spiro atoms. The standard InChI is InChI=1S/C17H20N2O/c1-19(13-14-7-3-2-4-8-14)17(20)11-15-9-5-6-10-16(15)12-18/h2-10H,11-13,18H2,1H3. The number of rotatable bonds is 5. The molecule has 0 aliphatic rings. The predicted molar refractivity (Wildman–Crippen MR) is 81.0 cm³/mol. The van der Waals surface area contributed by atoms with Crippen molar-refractivity contribution in [1.29, 1.82) is 0 Å². The molecule has 104 valence electrons. The first-order chi connectivity index (χ1) is 9.70. The van der Waals surface area contributed by atoms with Crippen LogP contribution in [0, 0.1) is 0 Å². The average molecular weight is 268 g/mol. The van der Waals surface area contributed by atoms with E-state index in [9.17, 15) is 4.79 Å². The highest BCUT2D eigenvalue weighted by Gasteiger charge is 2.11. The van der Waals surface area contributed by atoms with Crippen molar-refractivity contribution in [1.82, 2.24) is 4.90 Å². The minimum Gasteiger partial charge on any atom is -0.341 e. The van der Waals surface area contributed by atoms with Gasteiger partial charge in [0.25, 0.3) is 0 Å². The Labute approximate surface area is 120 Å². The summed E-state index contributed by atoms with van der Waals surface area (Å²) in [5.41, 5.74) is 8.89. The molecule has 20 heavy (non-hydrogen) atoms. The third-order valence-electron chi connectivity index (χ3n) is 3.37. The van der Waals surface area contributed by atoms with Gasteiger partial charge in [0, 0.05) is 20.1 Å². The summed E-state index contributed by atoms with van der Waals surface area (Å²) in [5.74, 6) is 0.106. The highest BCUT2D eigenvalue weighted by atomic mass is 16.2. The third kappa shape index (κ3) is 3.68. The molecular weight excluding hydrogens is 248 g/mol. The van der Waals surface area contributed by atoms with E-state index < -0.39 is 0 Å². The van der Waals surface area contributed by atoms with E-state index in [2.05, 4.69) is 0 Å². The molecule has 0 radical (unpaired) electrons. The molecule has 0 saturated heterocycles. The van der Waals surface area contributed by atoms with Crippen molar-refractivity contribution in [3.63, 3.8) is 0 Å². The quantitative estimate of drug-likeness (QED) is 0.904. The molecule has 0 heterocycles. The Kier molecular flexibility index (Phi) is 4.91. The third-order valence-corrected chi connectivity index (χ3v) is 3.37. The van der Waals surface area contributed by atoms with Gasteiger partial charge in [-0.1, -0.05) is 54.6 Å². The Bertz CT molecular complexity index is 566. The maximum absolute atomic E-state index is 12.3. The largest absolute Gasteiger partial charge is 0.341 e. The van der Waals surface area contributed by atoms with Crippen LogP contribution in [0.3, 0.4) is 0 Å². The lowest BCUT2D eigenvalue weighted by molar-refractivity contribution is -0.129. The SMILES string of the molecule is CN(Cc1ccccc1)C(=O)Cc1ccccc1CN. The van der Waals surface area contributed by atoms with Gasteiger partial charge in [-0.2, -0.15) is 0 Å². The molecule has 0 aromatic heterocycles. The fraction of sp³-hybridized carbons (Fsp3) is 0.235. The molecule has 0 bridgehead atoms. The van der Waals surface area contributed by atoms with Crippen molar-refractivity contribution >= 4 is 5.91 Å². The number of hydrogen-bond acceptors (Lipinski definition) is 2. The number of benzene rings is 2. The number of carbonyl (C=O) groups is 1. The smallest absolute Gasteiger partial charge is 0.227 e. The van der Waals surface area contributed by atoms with Crippen LogP contribution >= 0.6 is 0 Å². The maximum atomic E-state index is 12.3. The second-order valence-corrected chi connectivity index (χ2v) is 4.89. The molecule has 0 aliphatic heterocycles. The molecule has 2 rings (SSSR count). The van der Waals surface area contributed by atoms with Gasteiger partial charge in [0.15, 0.2) is 0 Å². The molecule has 0 fully saturated rings. The van der Waals surface area contributed by atoms with Gasteiger partial charge in [-0.3, -0.25) is 4.79 Å². The maximum Gasteiger partial charge on any atom is 0.227 e. The Morgan fingerprint density at radius 3 is 2.25 bits per heavy atom. The van der Waals surface area contributed by atoms with Crippen LogP contribution in [0.5, 0.6) is 0 Å². The molecule has 2 aromatic rings. The summed E-state index contributed by atoms with van der Waals surface area (Å²) in [5, 5.41) is 0. The minimum atomic E-state index is 0.106. The normalized spacial score (nSPS) is 10.3. The van der Waals surface area contributed by atoms with Gasteiger partial charge < -0.3 is 10.6 Å². The topological polar surface area (TPSA) is 46.3 Å². The van der Waals surface area contributed by atoms with Crippen molar-refractivity contribution in [2.45, 2.75) is 19.5 Å². The molecule has 0 unspecified atom stereocenters. The van der Waals surface area contributed by atoms with Crippen molar-refractivity contribution in [2.75, 3.05) is 7.05 Å². The number of carbonyl (C=O) groups excluding carboxylic acids is 1. The van der Waals surface area contributed by atoms with Crippen LogP contribution in [0.15, 0.2) is 54.6 Å². The monoisotopic (exact) mass is 268 g/mol. The molecule has 1 amide bonds. The van der Waals surface area contributed by atoms with Gasteiger partial charge in [0.2, 0.25) is 5.91 Å². The molecule has 0 saturated carbocycles. The molecule has 2 N–H and O–H groups in total. The van der Waals surface area contributed by atoms with Gasteiger partial charge in [0.1, 0.15) is 0 Å². The van der Waals surface area contributed by atoms with E-state index in [0.29, 0.717) is 19.5 Å². The second-order valence-electron chi connectivity index (χ2n) is 4.89. The van der Waals surface area contributed by atoms with Crippen LogP contribution in [-0.2, 0) is 24.3 Å². The molecule has 0 aliphatic carbocycles. The summed E-state index contributed by atoms with van der Waals surface area (Å²) in [7, 11) is 1.83. The number of hydrogen-bond donors (Lipinski definition) is 1. The summed E-state index contributed by atoms with van der Waals surface area (Å²) < 4.78 is 0. The Morgan fingerprint density at radius 2 is 1.60 bits per heavy atom. The zero-order valence-corrected chi connectivity index (χ0v) is 11.8. The lowest BCUT2D eigenvalue weighted by atomic mass is 10.0. The Hall–Kier alpha value is -2.13. The first kappa shape index (κ1) is 14.3. The molecule has 3 nitrogen and oxygen atoms in total. The van der Waals surface area contributed by atoms with E-state index in [0.717, 1.165) is 16.7 Å². The minimum absolute atomic E-state index is 0.106. The van der Waals surface area contributed by atoms with Gasteiger partial charge in [-0.15, -0.1) is 0 Å². The molecule has 0 atom stereocenters. The van der Waals surface area contributed by atoms with E-state index >= 15 is 0 Å². The average Bonchev–Trinajstić information content (AvgIpc) is 2.48. The fourth-order valence-corrected chi connectivity index (χ4v) is 2.17. The van der Waals surface area contributed by atoms with Crippen molar-refractivity contribution in [3.05, 3.63) is 71.3 Å². The lowest BCUT2D eigenvalue weighted by Crippen LogP contribution is -2.28. The fourth-order valence-electron chi connectivity index (χ4n) is 2.17. The summed E-state index contributed by atoms with van der Waals surface area (Å²) >= 11 is 0. The van der Waals surface area contributed by atoms with E-state index in [1.54, 1.807) is 4.90 Å². The van der Waals surface area contributed by atoms with Crippen molar-refractivity contribution in [3.8, 4) is 0 Å². The van der Waals surface area contributed by atoms with Crippen molar-refractivity contribution in [2.24, 2.45) is 5.73 Å². The van der Waals surface area contributed by atoms with E-state index in [1.165, 1.54) is 0 Å². The molecular formula is C17H20N2O. The van der Waals surface area contributed by atoms with Gasteiger partial charge in [-0.25, -0.2) is 0 Å². The summed E-state index contributed by atoms with van der Waals surface area (Å²) in [6, 6.07) is 17.8. The van der Waals surface area contributed by atoms with Gasteiger partial charge in [-0.05, 0) is 16.7 Å². The Balaban J connectivity index is 2.01. The van der Waals surface area contributed by atoms with E-state index in [4.69, 9.17) is 5.73 Å². The molecule has 2 aromatic carbocycles. The highest BCUT2D eigenvalue weighted by molar-refractivity contribution is 5.78. The number of likely N-dealkylation sites (N-methyl/N-ethyl adjacent to an activating group) is 1. The number of nitrogens with zero attached hydrogens (tertiary/aromatic N) is 1. The lowest BCUT2D eigenvalue weighted by Gasteiger charge is -2.18. The Morgan fingerprint density at radius 1 is 1.00 bits per heavy atom. The van der Waals surface area contributed by atoms with E-state index in [-0.39, 0.29) is 5.91 Å². The zero-order chi connectivity index (χ0) is 14.4. The molecule has 3 heteroatoms. The first-order valence-electron chi connectivity index (χ1n) is 6.75.